The van der Waals surface area contributed by atoms with Crippen molar-refractivity contribution < 1.29 is 5.11 Å². The Hall–Kier alpha value is -1.02. The number of rotatable bonds is 2. The maximum atomic E-state index is 10.0. The average Bonchev–Trinajstić information content (AvgIpc) is 2.07. The summed E-state index contributed by atoms with van der Waals surface area (Å²) in [7, 11) is 1.88. The van der Waals surface area contributed by atoms with Crippen LogP contribution in [0.1, 0.15) is 31.9 Å². The standard InChI is InChI=1S/C12H19NO/c1-12(2,3)10-7-5-6-9(8-13-4)11(10)14/h5-7,13-14H,8H2,1-4H3. The SMILES string of the molecule is CNCc1cccc(C(C)(C)C)c1O. The minimum Gasteiger partial charge on any atom is -0.507 e. The second kappa shape index (κ2) is 4.01. The van der Waals surface area contributed by atoms with E-state index in [0.717, 1.165) is 11.1 Å². The quantitative estimate of drug-likeness (QED) is 0.756. The summed E-state index contributed by atoms with van der Waals surface area (Å²) in [5.74, 6) is 0.425. The third-order valence-electron chi connectivity index (χ3n) is 2.29. The highest BCUT2D eigenvalue weighted by Gasteiger charge is 2.19. The maximum Gasteiger partial charge on any atom is 0.123 e. The van der Waals surface area contributed by atoms with Crippen LogP contribution in [0, 0.1) is 0 Å². The van der Waals surface area contributed by atoms with Crippen LogP contribution >= 0.6 is 0 Å². The number of para-hydroxylation sites is 1. The molecule has 14 heavy (non-hydrogen) atoms. The number of phenols is 1. The number of phenolic OH excluding ortho intramolecular Hbond substituents is 1. The van der Waals surface area contributed by atoms with E-state index < -0.39 is 0 Å². The summed E-state index contributed by atoms with van der Waals surface area (Å²) < 4.78 is 0. The Balaban J connectivity index is 3.14. The summed E-state index contributed by atoms with van der Waals surface area (Å²) in [6.45, 7) is 7.01. The van der Waals surface area contributed by atoms with Gasteiger partial charge in [-0.1, -0.05) is 39.0 Å². The first kappa shape index (κ1) is 11.1. The molecule has 0 atom stereocenters. The van der Waals surface area contributed by atoms with Gasteiger partial charge in [0, 0.05) is 12.1 Å². The lowest BCUT2D eigenvalue weighted by Gasteiger charge is -2.21. The lowest BCUT2D eigenvalue weighted by Crippen LogP contribution is -2.13. The molecule has 0 amide bonds. The van der Waals surface area contributed by atoms with E-state index in [2.05, 4.69) is 26.1 Å². The number of aromatic hydroxyl groups is 1. The maximum absolute atomic E-state index is 10.0. The van der Waals surface area contributed by atoms with Crippen LogP contribution in [0.5, 0.6) is 5.75 Å². The van der Waals surface area contributed by atoms with E-state index in [1.807, 2.05) is 25.2 Å². The van der Waals surface area contributed by atoms with Crippen LogP contribution in [-0.4, -0.2) is 12.2 Å². The van der Waals surface area contributed by atoms with E-state index in [1.54, 1.807) is 0 Å². The molecule has 0 bridgehead atoms. The van der Waals surface area contributed by atoms with Gasteiger partial charge in [0.2, 0.25) is 0 Å². The van der Waals surface area contributed by atoms with Crippen molar-refractivity contribution in [2.24, 2.45) is 0 Å². The Kier molecular flexibility index (Phi) is 3.17. The second-order valence-corrected chi connectivity index (χ2v) is 4.59. The van der Waals surface area contributed by atoms with Crippen molar-refractivity contribution >= 4 is 0 Å². The van der Waals surface area contributed by atoms with Crippen LogP contribution in [0.3, 0.4) is 0 Å². The van der Waals surface area contributed by atoms with E-state index in [9.17, 15) is 5.11 Å². The minimum atomic E-state index is -0.00612. The Morgan fingerprint density at radius 3 is 2.43 bits per heavy atom. The summed E-state index contributed by atoms with van der Waals surface area (Å²) in [5.41, 5.74) is 1.96. The summed E-state index contributed by atoms with van der Waals surface area (Å²) >= 11 is 0. The number of nitrogens with one attached hydrogen (secondary N) is 1. The molecule has 1 aromatic rings. The zero-order valence-electron chi connectivity index (χ0n) is 9.39. The van der Waals surface area contributed by atoms with Crippen molar-refractivity contribution in [1.82, 2.24) is 5.32 Å². The van der Waals surface area contributed by atoms with Gasteiger partial charge in [-0.15, -0.1) is 0 Å². The van der Waals surface area contributed by atoms with Gasteiger partial charge in [0.05, 0.1) is 0 Å². The molecule has 2 heteroatoms. The molecular formula is C12H19NO. The first-order valence-corrected chi connectivity index (χ1v) is 4.92. The molecule has 0 aromatic heterocycles. The molecule has 1 aromatic carbocycles. The predicted molar refractivity (Wildman–Crippen MR) is 59.6 cm³/mol. The molecule has 0 aliphatic rings. The van der Waals surface area contributed by atoms with E-state index >= 15 is 0 Å². The van der Waals surface area contributed by atoms with Crippen molar-refractivity contribution in [3.05, 3.63) is 29.3 Å². The molecule has 0 aliphatic heterocycles. The van der Waals surface area contributed by atoms with Crippen LogP contribution in [0.15, 0.2) is 18.2 Å². The third kappa shape index (κ3) is 2.26. The fraction of sp³-hybridized carbons (Fsp3) is 0.500. The highest BCUT2D eigenvalue weighted by molar-refractivity contribution is 5.43. The fourth-order valence-electron chi connectivity index (χ4n) is 1.53. The van der Waals surface area contributed by atoms with Gasteiger partial charge in [-0.2, -0.15) is 0 Å². The highest BCUT2D eigenvalue weighted by atomic mass is 16.3. The van der Waals surface area contributed by atoms with Crippen LogP contribution in [0.4, 0.5) is 0 Å². The first-order chi connectivity index (χ1) is 6.46. The third-order valence-corrected chi connectivity index (χ3v) is 2.29. The molecule has 0 radical (unpaired) electrons. The van der Waals surface area contributed by atoms with Gasteiger partial charge in [0.1, 0.15) is 5.75 Å². The van der Waals surface area contributed by atoms with Gasteiger partial charge in [-0.25, -0.2) is 0 Å². The van der Waals surface area contributed by atoms with Crippen molar-refractivity contribution in [2.75, 3.05) is 7.05 Å². The largest absolute Gasteiger partial charge is 0.507 e. The van der Waals surface area contributed by atoms with Crippen molar-refractivity contribution in [2.45, 2.75) is 32.7 Å². The van der Waals surface area contributed by atoms with Crippen molar-refractivity contribution in [3.8, 4) is 5.75 Å². The Morgan fingerprint density at radius 2 is 1.93 bits per heavy atom. The first-order valence-electron chi connectivity index (χ1n) is 4.92. The Morgan fingerprint density at radius 1 is 1.29 bits per heavy atom. The van der Waals surface area contributed by atoms with Gasteiger partial charge in [-0.05, 0) is 18.0 Å². The molecule has 0 saturated carbocycles. The van der Waals surface area contributed by atoms with Gasteiger partial charge in [0.15, 0.2) is 0 Å². The van der Waals surface area contributed by atoms with Crippen molar-refractivity contribution in [1.29, 1.82) is 0 Å². The summed E-state index contributed by atoms with van der Waals surface area (Å²) in [6.07, 6.45) is 0. The average molecular weight is 193 g/mol. The van der Waals surface area contributed by atoms with Crippen LogP contribution in [0.25, 0.3) is 0 Å². The molecular weight excluding hydrogens is 174 g/mol. The van der Waals surface area contributed by atoms with Gasteiger partial charge in [-0.3, -0.25) is 0 Å². The molecule has 2 nitrogen and oxygen atoms in total. The number of hydrogen-bond acceptors (Lipinski definition) is 2. The molecule has 1 rings (SSSR count). The Bertz CT molecular complexity index is 313. The van der Waals surface area contributed by atoms with Crippen LogP contribution in [-0.2, 0) is 12.0 Å². The van der Waals surface area contributed by atoms with E-state index in [1.165, 1.54) is 0 Å². The van der Waals surface area contributed by atoms with Gasteiger partial charge >= 0.3 is 0 Å². The minimum absolute atomic E-state index is 0.00612. The summed E-state index contributed by atoms with van der Waals surface area (Å²) in [5, 5.41) is 13.1. The zero-order chi connectivity index (χ0) is 10.8. The predicted octanol–water partition coefficient (Wildman–Crippen LogP) is 2.41. The van der Waals surface area contributed by atoms with Gasteiger partial charge < -0.3 is 10.4 Å². The van der Waals surface area contributed by atoms with E-state index in [0.29, 0.717) is 12.3 Å². The van der Waals surface area contributed by atoms with Gasteiger partial charge in [0.25, 0.3) is 0 Å². The summed E-state index contributed by atoms with van der Waals surface area (Å²) in [6, 6.07) is 5.92. The topological polar surface area (TPSA) is 32.3 Å². The molecule has 0 aliphatic carbocycles. The molecule has 2 N–H and O–H groups in total. The molecule has 0 spiro atoms. The van der Waals surface area contributed by atoms with E-state index in [-0.39, 0.29) is 5.41 Å². The fourth-order valence-corrected chi connectivity index (χ4v) is 1.53. The molecule has 0 saturated heterocycles. The van der Waals surface area contributed by atoms with E-state index in [4.69, 9.17) is 0 Å². The highest BCUT2D eigenvalue weighted by Crippen LogP contribution is 2.32. The second-order valence-electron chi connectivity index (χ2n) is 4.59. The monoisotopic (exact) mass is 193 g/mol. The summed E-state index contributed by atoms with van der Waals surface area (Å²) in [4.78, 5) is 0. The number of benzene rings is 1. The molecule has 78 valence electrons. The molecule has 0 unspecified atom stereocenters. The van der Waals surface area contributed by atoms with Crippen LogP contribution < -0.4 is 5.32 Å². The lowest BCUT2D eigenvalue weighted by atomic mass is 9.85. The smallest absolute Gasteiger partial charge is 0.123 e. The zero-order valence-corrected chi connectivity index (χ0v) is 9.39. The lowest BCUT2D eigenvalue weighted by molar-refractivity contribution is 0.438. The number of hydrogen-bond donors (Lipinski definition) is 2. The molecule has 0 heterocycles. The van der Waals surface area contributed by atoms with Crippen LogP contribution in [0.2, 0.25) is 0 Å². The molecule has 0 fully saturated rings. The Labute approximate surface area is 86.0 Å². The normalized spacial score (nSPS) is 11.7. The van der Waals surface area contributed by atoms with Crippen molar-refractivity contribution in [3.63, 3.8) is 0 Å².